The first-order chi connectivity index (χ1) is 17.5. The second-order valence-corrected chi connectivity index (χ2v) is 11.5. The maximum absolute atomic E-state index is 13.1. The van der Waals surface area contributed by atoms with E-state index < -0.39 is 15.4 Å². The Bertz CT molecular complexity index is 1340. The summed E-state index contributed by atoms with van der Waals surface area (Å²) >= 11 is 0. The molecule has 5 rings (SSSR count). The smallest absolute Gasteiger partial charge is 0.211 e. The summed E-state index contributed by atoms with van der Waals surface area (Å²) in [6.45, 7) is 0.435. The summed E-state index contributed by atoms with van der Waals surface area (Å²) in [6, 6.07) is 41.2. The van der Waals surface area contributed by atoms with E-state index in [4.69, 9.17) is 0 Å². The van der Waals surface area contributed by atoms with Gasteiger partial charge in [-0.2, -0.15) is 4.31 Å². The third-order valence-electron chi connectivity index (χ3n) is 7.26. The molecule has 0 spiro atoms. The Hall–Kier alpha value is -3.47. The van der Waals surface area contributed by atoms with E-state index in [9.17, 15) is 8.42 Å². The zero-order chi connectivity index (χ0) is 25.0. The molecule has 0 unspecified atom stereocenters. The summed E-state index contributed by atoms with van der Waals surface area (Å²) in [5.74, 6) is 0. The van der Waals surface area contributed by atoms with Crippen molar-refractivity contribution in [3.8, 4) is 0 Å². The van der Waals surface area contributed by atoms with Crippen LogP contribution in [-0.4, -0.2) is 31.6 Å². The van der Waals surface area contributed by atoms with Crippen LogP contribution in [0.15, 0.2) is 127 Å². The van der Waals surface area contributed by atoms with Crippen LogP contribution in [0.2, 0.25) is 0 Å². The Morgan fingerprint density at radius 1 is 0.750 bits per heavy atom. The number of sulfonamides is 1. The fourth-order valence-corrected chi connectivity index (χ4v) is 6.70. The van der Waals surface area contributed by atoms with Gasteiger partial charge < -0.3 is 0 Å². The van der Waals surface area contributed by atoms with Crippen molar-refractivity contribution in [2.24, 2.45) is 0 Å². The molecule has 0 N–H and O–H groups in total. The quantitative estimate of drug-likeness (QED) is 0.294. The fraction of sp³-hybridized carbons (Fsp3) is 0.188. The van der Waals surface area contributed by atoms with Gasteiger partial charge in [0.15, 0.2) is 0 Å². The van der Waals surface area contributed by atoms with Crippen molar-refractivity contribution < 1.29 is 8.42 Å². The second-order valence-electron chi connectivity index (χ2n) is 9.57. The van der Waals surface area contributed by atoms with Crippen molar-refractivity contribution in [3.63, 3.8) is 0 Å². The van der Waals surface area contributed by atoms with Crippen LogP contribution < -0.4 is 0 Å². The summed E-state index contributed by atoms with van der Waals surface area (Å²) in [7, 11) is -3.41. The average molecular weight is 494 g/mol. The van der Waals surface area contributed by atoms with Gasteiger partial charge in [-0.15, -0.1) is 0 Å². The number of benzene rings is 4. The Kier molecular flexibility index (Phi) is 6.90. The van der Waals surface area contributed by atoms with Crippen molar-refractivity contribution in [1.82, 2.24) is 4.31 Å². The van der Waals surface area contributed by atoms with Gasteiger partial charge in [0.1, 0.15) is 0 Å². The summed E-state index contributed by atoms with van der Waals surface area (Å²) < 4.78 is 27.9. The minimum atomic E-state index is -3.41. The lowest BCUT2D eigenvalue weighted by molar-refractivity contribution is 0.390. The molecule has 0 saturated carbocycles. The second kappa shape index (κ2) is 10.3. The van der Waals surface area contributed by atoms with Crippen LogP contribution in [0.5, 0.6) is 0 Å². The summed E-state index contributed by atoms with van der Waals surface area (Å²) in [5, 5.41) is 0. The first-order valence-electron chi connectivity index (χ1n) is 12.4. The minimum absolute atomic E-state index is 0.150. The third-order valence-corrected chi connectivity index (χ3v) is 8.54. The first-order valence-corrected chi connectivity index (χ1v) is 14.2. The number of hydrogen-bond donors (Lipinski definition) is 0. The molecule has 1 aliphatic heterocycles. The first kappa shape index (κ1) is 24.2. The van der Waals surface area contributed by atoms with Gasteiger partial charge >= 0.3 is 0 Å². The molecule has 0 aliphatic carbocycles. The van der Waals surface area contributed by atoms with Gasteiger partial charge in [-0.1, -0.05) is 127 Å². The van der Waals surface area contributed by atoms with Crippen LogP contribution in [-0.2, 0) is 15.4 Å². The highest BCUT2D eigenvalue weighted by molar-refractivity contribution is 7.88. The summed E-state index contributed by atoms with van der Waals surface area (Å²) in [4.78, 5) is 0. The molecule has 0 amide bonds. The monoisotopic (exact) mass is 493 g/mol. The van der Waals surface area contributed by atoms with Crippen molar-refractivity contribution in [1.29, 1.82) is 0 Å². The predicted octanol–water partition coefficient (Wildman–Crippen LogP) is 6.53. The lowest BCUT2D eigenvalue weighted by atomic mass is 9.72. The minimum Gasteiger partial charge on any atom is -0.212 e. The van der Waals surface area contributed by atoms with E-state index in [0.29, 0.717) is 13.0 Å². The van der Waals surface area contributed by atoms with Crippen LogP contribution in [0.4, 0.5) is 0 Å². The van der Waals surface area contributed by atoms with Gasteiger partial charge in [0, 0.05) is 18.0 Å². The van der Waals surface area contributed by atoms with Crippen molar-refractivity contribution in [3.05, 3.63) is 150 Å². The normalized spacial score (nSPS) is 17.5. The maximum Gasteiger partial charge on any atom is 0.211 e. The summed E-state index contributed by atoms with van der Waals surface area (Å²) in [5.41, 5.74) is 5.30. The van der Waals surface area contributed by atoms with E-state index in [1.54, 1.807) is 4.31 Å². The van der Waals surface area contributed by atoms with Crippen LogP contribution in [0, 0.1) is 0 Å². The molecule has 1 saturated heterocycles. The topological polar surface area (TPSA) is 37.4 Å². The molecule has 1 aliphatic rings. The van der Waals surface area contributed by atoms with Gasteiger partial charge in [-0.25, -0.2) is 8.42 Å². The number of nitrogens with zero attached hydrogens (tertiary/aromatic N) is 1. The van der Waals surface area contributed by atoms with Gasteiger partial charge in [-0.3, -0.25) is 0 Å². The zero-order valence-corrected chi connectivity index (χ0v) is 21.3. The standard InChI is InChI=1S/C32H31NO2S/c1-36(34,35)33-25-32(28-18-10-4-11-19-28,29-20-12-5-13-21-29)24-30(33)22-23-31(26-14-6-2-7-15-26)27-16-8-3-9-17-27/h2-21,23,30H,22,24-25H2,1H3/t30-/m1/s1. The number of rotatable bonds is 7. The predicted molar refractivity (Wildman–Crippen MR) is 148 cm³/mol. The fourth-order valence-electron chi connectivity index (χ4n) is 5.54. The van der Waals surface area contributed by atoms with Crippen molar-refractivity contribution >= 4 is 15.6 Å². The highest BCUT2D eigenvalue weighted by Crippen LogP contribution is 2.45. The summed E-state index contributed by atoms with van der Waals surface area (Å²) in [6.07, 6.45) is 4.92. The van der Waals surface area contributed by atoms with Gasteiger partial charge in [0.25, 0.3) is 0 Å². The lowest BCUT2D eigenvalue weighted by Gasteiger charge is -2.30. The SMILES string of the molecule is CS(=O)(=O)N1CC(c2ccccc2)(c2ccccc2)C[C@H]1CC=C(c1ccccc1)c1ccccc1. The Balaban J connectivity index is 1.58. The third kappa shape index (κ3) is 4.92. The molecule has 3 nitrogen and oxygen atoms in total. The molecule has 0 radical (unpaired) electrons. The van der Waals surface area contributed by atoms with E-state index in [1.165, 1.54) is 6.26 Å². The highest BCUT2D eigenvalue weighted by Gasteiger charge is 2.48. The molecule has 0 aromatic heterocycles. The molecule has 1 heterocycles. The molecule has 1 atom stereocenters. The van der Waals surface area contributed by atoms with Gasteiger partial charge in [0.2, 0.25) is 10.0 Å². The van der Waals surface area contributed by atoms with E-state index in [-0.39, 0.29) is 6.04 Å². The molecular weight excluding hydrogens is 462 g/mol. The van der Waals surface area contributed by atoms with Crippen LogP contribution in [0.1, 0.15) is 35.1 Å². The molecule has 0 bridgehead atoms. The molecule has 4 aromatic carbocycles. The largest absolute Gasteiger partial charge is 0.212 e. The lowest BCUT2D eigenvalue weighted by Crippen LogP contribution is -2.37. The van der Waals surface area contributed by atoms with Crippen LogP contribution in [0.25, 0.3) is 5.57 Å². The van der Waals surface area contributed by atoms with Crippen molar-refractivity contribution in [2.45, 2.75) is 24.3 Å². The zero-order valence-electron chi connectivity index (χ0n) is 20.5. The molecule has 36 heavy (non-hydrogen) atoms. The molecule has 4 aromatic rings. The van der Waals surface area contributed by atoms with Gasteiger partial charge in [0.05, 0.1) is 6.26 Å². The Labute approximate surface area is 214 Å². The molecular formula is C32H31NO2S. The Morgan fingerprint density at radius 3 is 1.58 bits per heavy atom. The highest BCUT2D eigenvalue weighted by atomic mass is 32.2. The van der Waals surface area contributed by atoms with Crippen LogP contribution >= 0.6 is 0 Å². The van der Waals surface area contributed by atoms with E-state index >= 15 is 0 Å². The Morgan fingerprint density at radius 2 is 1.17 bits per heavy atom. The average Bonchev–Trinajstić information content (AvgIpc) is 3.33. The molecule has 4 heteroatoms. The van der Waals surface area contributed by atoms with E-state index in [1.807, 2.05) is 72.8 Å². The van der Waals surface area contributed by atoms with Crippen molar-refractivity contribution in [2.75, 3.05) is 12.8 Å². The number of hydrogen-bond acceptors (Lipinski definition) is 2. The van der Waals surface area contributed by atoms with Gasteiger partial charge in [-0.05, 0) is 40.7 Å². The van der Waals surface area contributed by atoms with E-state index in [0.717, 1.165) is 34.2 Å². The molecule has 182 valence electrons. The maximum atomic E-state index is 13.1. The van der Waals surface area contributed by atoms with E-state index in [2.05, 4.69) is 54.6 Å². The van der Waals surface area contributed by atoms with Crippen LogP contribution in [0.3, 0.4) is 0 Å². The molecule has 1 fully saturated rings.